The normalized spacial score (nSPS) is 10.5. The summed E-state index contributed by atoms with van der Waals surface area (Å²) >= 11 is 9.11. The second-order valence-corrected chi connectivity index (χ2v) is 7.43. The number of nitriles is 1. The van der Waals surface area contributed by atoms with Crippen LogP contribution in [0, 0.1) is 11.3 Å². The summed E-state index contributed by atoms with van der Waals surface area (Å²) in [6.07, 6.45) is 0. The minimum absolute atomic E-state index is 0.109. The Kier molecular flexibility index (Phi) is 5.36. The van der Waals surface area contributed by atoms with Gasteiger partial charge in [0, 0.05) is 11.4 Å². The Morgan fingerprint density at radius 2 is 2.17 bits per heavy atom. The Morgan fingerprint density at radius 3 is 2.92 bits per heavy atom. The molecule has 0 radical (unpaired) electrons. The Labute approximate surface area is 152 Å². The van der Waals surface area contributed by atoms with E-state index in [-0.39, 0.29) is 5.91 Å². The molecule has 1 heterocycles. The number of fused-ring (bicyclic) bond motifs is 1. The molecule has 0 aliphatic carbocycles. The van der Waals surface area contributed by atoms with Crippen molar-refractivity contribution in [2.45, 2.75) is 5.75 Å². The van der Waals surface area contributed by atoms with Gasteiger partial charge in [-0.05, 0) is 30.3 Å². The van der Waals surface area contributed by atoms with Crippen LogP contribution in [0.15, 0.2) is 42.5 Å². The van der Waals surface area contributed by atoms with Gasteiger partial charge in [0.1, 0.15) is 11.1 Å². The number of thioether (sulfide) groups is 1. The number of nitrogens with zero attached hydrogens (tertiary/aromatic N) is 2. The van der Waals surface area contributed by atoms with Crippen molar-refractivity contribution < 1.29 is 4.79 Å². The first-order valence-corrected chi connectivity index (χ1v) is 9.42. The predicted molar refractivity (Wildman–Crippen MR) is 101 cm³/mol. The third-order valence-corrected chi connectivity index (χ3v) is 5.65. The molecule has 0 saturated carbocycles. The molecule has 0 fully saturated rings. The van der Waals surface area contributed by atoms with Gasteiger partial charge >= 0.3 is 0 Å². The average Bonchev–Trinajstić information content (AvgIpc) is 2.97. The van der Waals surface area contributed by atoms with Crippen molar-refractivity contribution in [2.24, 2.45) is 0 Å². The van der Waals surface area contributed by atoms with Gasteiger partial charge in [-0.25, -0.2) is 4.98 Å². The molecule has 7 heteroatoms. The predicted octanol–water partition coefficient (Wildman–Crippen LogP) is 4.69. The number of aromatic nitrogens is 1. The number of thiazole rings is 1. The molecule has 120 valence electrons. The van der Waals surface area contributed by atoms with Crippen molar-refractivity contribution in [3.8, 4) is 6.07 Å². The Balaban J connectivity index is 1.52. The van der Waals surface area contributed by atoms with Crippen LogP contribution in [0.4, 0.5) is 5.69 Å². The van der Waals surface area contributed by atoms with Gasteiger partial charge in [-0.15, -0.1) is 23.1 Å². The number of anilines is 1. The second-order valence-electron chi connectivity index (χ2n) is 4.92. The largest absolute Gasteiger partial charge is 0.325 e. The summed E-state index contributed by atoms with van der Waals surface area (Å²) in [6.45, 7) is 0. The molecule has 3 aromatic rings. The van der Waals surface area contributed by atoms with Crippen LogP contribution in [0.2, 0.25) is 5.02 Å². The van der Waals surface area contributed by atoms with Crippen LogP contribution in [0.5, 0.6) is 0 Å². The number of hydrogen-bond acceptors (Lipinski definition) is 5. The van der Waals surface area contributed by atoms with E-state index < -0.39 is 0 Å². The fraction of sp³-hybridized carbons (Fsp3) is 0.118. The van der Waals surface area contributed by atoms with Gasteiger partial charge in [-0.1, -0.05) is 23.7 Å². The summed E-state index contributed by atoms with van der Waals surface area (Å²) < 4.78 is 1.16. The Hall–Kier alpha value is -2.07. The van der Waals surface area contributed by atoms with Gasteiger partial charge in [-0.2, -0.15) is 5.26 Å². The Morgan fingerprint density at radius 1 is 1.33 bits per heavy atom. The monoisotopic (exact) mass is 373 g/mol. The van der Waals surface area contributed by atoms with E-state index in [4.69, 9.17) is 16.9 Å². The molecule has 0 atom stereocenters. The van der Waals surface area contributed by atoms with Crippen LogP contribution < -0.4 is 5.32 Å². The Bertz CT molecular complexity index is 900. The van der Waals surface area contributed by atoms with Gasteiger partial charge < -0.3 is 5.32 Å². The van der Waals surface area contributed by atoms with Crippen molar-refractivity contribution >= 4 is 56.5 Å². The number of amides is 1. The number of rotatable bonds is 5. The molecule has 0 bridgehead atoms. The zero-order chi connectivity index (χ0) is 16.9. The summed E-state index contributed by atoms with van der Waals surface area (Å²) in [6, 6.07) is 14.8. The first kappa shape index (κ1) is 16.8. The van der Waals surface area contributed by atoms with Crippen molar-refractivity contribution in [3.05, 3.63) is 58.1 Å². The number of carbonyl (C=O) groups excluding carboxylic acids is 1. The van der Waals surface area contributed by atoms with Gasteiger partial charge in [0.25, 0.3) is 0 Å². The number of hydrogen-bond donors (Lipinski definition) is 1. The van der Waals surface area contributed by atoms with Crippen LogP contribution in [0.25, 0.3) is 10.2 Å². The number of para-hydroxylation sites is 1. The molecule has 0 unspecified atom stereocenters. The molecule has 2 aromatic carbocycles. The summed E-state index contributed by atoms with van der Waals surface area (Å²) in [5.74, 6) is 0.913. The molecule has 4 nitrogen and oxygen atoms in total. The zero-order valence-corrected chi connectivity index (χ0v) is 14.8. The van der Waals surface area contributed by atoms with Gasteiger partial charge in [0.2, 0.25) is 5.91 Å². The molecule has 0 aliphatic heterocycles. The van der Waals surface area contributed by atoms with E-state index in [2.05, 4.69) is 10.3 Å². The maximum absolute atomic E-state index is 12.0. The standard InChI is InChI=1S/C17H12ClN3OS2/c18-13-7-12(6-5-11(13)8-19)20-16(22)9-23-10-17-21-14-3-1-2-4-15(14)24-17/h1-7H,9-10H2,(H,20,22). The summed E-state index contributed by atoms with van der Waals surface area (Å²) in [4.78, 5) is 16.5. The molecule has 24 heavy (non-hydrogen) atoms. The fourth-order valence-corrected chi connectivity index (χ4v) is 4.16. The third kappa shape index (κ3) is 4.06. The first-order chi connectivity index (χ1) is 11.7. The lowest BCUT2D eigenvalue weighted by atomic mass is 10.2. The topological polar surface area (TPSA) is 65.8 Å². The molecule has 3 rings (SSSR count). The van der Waals surface area contributed by atoms with E-state index in [1.54, 1.807) is 29.5 Å². The van der Waals surface area contributed by atoms with Gasteiger partial charge in [0.15, 0.2) is 0 Å². The van der Waals surface area contributed by atoms with Gasteiger partial charge in [0.05, 0.1) is 26.6 Å². The maximum atomic E-state index is 12.0. The number of nitrogens with one attached hydrogen (secondary N) is 1. The lowest BCUT2D eigenvalue weighted by Crippen LogP contribution is -2.14. The van der Waals surface area contributed by atoms with Crippen LogP contribution in [-0.4, -0.2) is 16.6 Å². The summed E-state index contributed by atoms with van der Waals surface area (Å²) in [5, 5.41) is 13.0. The molecule has 1 amide bonds. The average molecular weight is 374 g/mol. The van der Waals surface area contributed by atoms with E-state index in [0.717, 1.165) is 15.2 Å². The molecule has 0 aliphatic rings. The van der Waals surface area contributed by atoms with E-state index in [0.29, 0.717) is 27.8 Å². The lowest BCUT2D eigenvalue weighted by Gasteiger charge is -2.05. The van der Waals surface area contributed by atoms with Crippen molar-refractivity contribution in [3.63, 3.8) is 0 Å². The molecule has 1 aromatic heterocycles. The number of halogens is 1. The highest BCUT2D eigenvalue weighted by molar-refractivity contribution is 7.99. The highest BCUT2D eigenvalue weighted by Crippen LogP contribution is 2.25. The molecule has 1 N–H and O–H groups in total. The summed E-state index contributed by atoms with van der Waals surface area (Å²) in [5.41, 5.74) is 1.97. The van der Waals surface area contributed by atoms with Crippen molar-refractivity contribution in [1.29, 1.82) is 5.26 Å². The molecule has 0 spiro atoms. The van der Waals surface area contributed by atoms with Gasteiger partial charge in [-0.3, -0.25) is 4.79 Å². The highest BCUT2D eigenvalue weighted by Gasteiger charge is 2.08. The van der Waals surface area contributed by atoms with Crippen LogP contribution in [0.1, 0.15) is 10.6 Å². The number of carbonyl (C=O) groups is 1. The van der Waals surface area contributed by atoms with E-state index in [9.17, 15) is 4.79 Å². The second kappa shape index (κ2) is 7.67. The molecular weight excluding hydrogens is 362 g/mol. The van der Waals surface area contributed by atoms with Crippen LogP contribution >= 0.6 is 34.7 Å². The van der Waals surface area contributed by atoms with Crippen molar-refractivity contribution in [2.75, 3.05) is 11.1 Å². The van der Waals surface area contributed by atoms with E-state index in [1.807, 2.05) is 30.3 Å². The minimum Gasteiger partial charge on any atom is -0.325 e. The summed E-state index contributed by atoms with van der Waals surface area (Å²) in [7, 11) is 0. The van der Waals surface area contributed by atoms with Crippen LogP contribution in [0.3, 0.4) is 0 Å². The fourth-order valence-electron chi connectivity index (χ4n) is 2.09. The highest BCUT2D eigenvalue weighted by atomic mass is 35.5. The SMILES string of the molecule is N#Cc1ccc(NC(=O)CSCc2nc3ccccc3s2)cc1Cl. The smallest absolute Gasteiger partial charge is 0.234 e. The number of benzene rings is 2. The molecular formula is C17H12ClN3OS2. The maximum Gasteiger partial charge on any atom is 0.234 e. The zero-order valence-electron chi connectivity index (χ0n) is 12.5. The minimum atomic E-state index is -0.109. The van der Waals surface area contributed by atoms with E-state index >= 15 is 0 Å². The van der Waals surface area contributed by atoms with E-state index in [1.165, 1.54) is 11.8 Å². The van der Waals surface area contributed by atoms with Crippen molar-refractivity contribution in [1.82, 2.24) is 4.98 Å². The quantitative estimate of drug-likeness (QED) is 0.704. The molecule has 0 saturated heterocycles. The third-order valence-electron chi connectivity index (χ3n) is 3.17. The first-order valence-electron chi connectivity index (χ1n) is 7.07. The van der Waals surface area contributed by atoms with Crippen LogP contribution in [-0.2, 0) is 10.5 Å². The lowest BCUT2D eigenvalue weighted by molar-refractivity contribution is -0.113.